The number of hydrogen-bond donors (Lipinski definition) is 1. The van der Waals surface area contributed by atoms with Crippen molar-refractivity contribution in [2.45, 2.75) is 19.5 Å². The van der Waals surface area contributed by atoms with E-state index in [0.29, 0.717) is 6.54 Å². The van der Waals surface area contributed by atoms with Gasteiger partial charge in [0, 0.05) is 42.9 Å². The van der Waals surface area contributed by atoms with Crippen molar-refractivity contribution in [3.63, 3.8) is 0 Å². The minimum absolute atomic E-state index is 0.632. The van der Waals surface area contributed by atoms with Gasteiger partial charge in [-0.2, -0.15) is 0 Å². The number of benzene rings is 1. The van der Waals surface area contributed by atoms with Crippen LogP contribution in [0.2, 0.25) is 0 Å². The Hall–Kier alpha value is -1.20. The molecule has 0 amide bonds. The fourth-order valence-electron chi connectivity index (χ4n) is 2.92. The van der Waals surface area contributed by atoms with Crippen molar-refractivity contribution in [3.05, 3.63) is 46.4 Å². The van der Waals surface area contributed by atoms with Crippen LogP contribution in [0.5, 0.6) is 0 Å². The average Bonchev–Trinajstić information content (AvgIpc) is 2.87. The van der Waals surface area contributed by atoms with Crippen LogP contribution >= 0.6 is 11.3 Å². The molecule has 3 nitrogen and oxygen atoms in total. The third-order valence-corrected chi connectivity index (χ3v) is 5.30. The highest BCUT2D eigenvalue weighted by molar-refractivity contribution is 7.19. The molecule has 0 aliphatic carbocycles. The molecule has 112 valence electrons. The number of thiophene rings is 1. The van der Waals surface area contributed by atoms with E-state index in [1.807, 2.05) is 11.3 Å². The van der Waals surface area contributed by atoms with E-state index in [4.69, 9.17) is 10.5 Å². The van der Waals surface area contributed by atoms with Crippen LogP contribution in [0.25, 0.3) is 10.1 Å². The minimum Gasteiger partial charge on any atom is -0.380 e. The monoisotopic (exact) mass is 302 g/mol. The summed E-state index contributed by atoms with van der Waals surface area (Å²) in [7, 11) is 1.76. The summed E-state index contributed by atoms with van der Waals surface area (Å²) in [6.07, 6.45) is 3.41. The van der Waals surface area contributed by atoms with Gasteiger partial charge < -0.3 is 10.5 Å². The Morgan fingerprint density at radius 3 is 2.90 bits per heavy atom. The van der Waals surface area contributed by atoms with Crippen LogP contribution < -0.4 is 5.73 Å². The first-order chi connectivity index (χ1) is 10.3. The van der Waals surface area contributed by atoms with E-state index in [1.54, 1.807) is 7.11 Å². The second kappa shape index (κ2) is 6.71. The zero-order chi connectivity index (χ0) is 14.7. The van der Waals surface area contributed by atoms with Crippen LogP contribution in [-0.2, 0) is 17.8 Å². The molecule has 2 aromatic rings. The van der Waals surface area contributed by atoms with Crippen LogP contribution in [0.3, 0.4) is 0 Å². The largest absolute Gasteiger partial charge is 0.380 e. The summed E-state index contributed by atoms with van der Waals surface area (Å²) in [5, 5.41) is 1.37. The van der Waals surface area contributed by atoms with Crippen molar-refractivity contribution in [2.75, 3.05) is 26.8 Å². The first kappa shape index (κ1) is 14.7. The molecular formula is C17H22N2OS. The molecule has 4 heteroatoms. The number of hydrogen-bond acceptors (Lipinski definition) is 4. The highest BCUT2D eigenvalue weighted by Gasteiger charge is 2.16. The first-order valence-corrected chi connectivity index (χ1v) is 8.22. The summed E-state index contributed by atoms with van der Waals surface area (Å²) in [5.74, 6) is 0. The summed E-state index contributed by atoms with van der Waals surface area (Å²) in [6.45, 7) is 4.50. The smallest absolute Gasteiger partial charge is 0.0673 e. The maximum Gasteiger partial charge on any atom is 0.0673 e. The highest BCUT2D eigenvalue weighted by Crippen LogP contribution is 2.32. The second-order valence-electron chi connectivity index (χ2n) is 5.48. The molecule has 0 saturated carbocycles. The molecule has 21 heavy (non-hydrogen) atoms. The maximum atomic E-state index is 5.94. The van der Waals surface area contributed by atoms with E-state index in [0.717, 1.165) is 32.7 Å². The maximum absolute atomic E-state index is 5.94. The highest BCUT2D eigenvalue weighted by atomic mass is 32.1. The van der Waals surface area contributed by atoms with Gasteiger partial charge in [0.1, 0.15) is 0 Å². The molecule has 0 spiro atoms. The molecule has 0 bridgehead atoms. The first-order valence-electron chi connectivity index (χ1n) is 7.40. The molecule has 0 saturated heterocycles. The predicted molar refractivity (Wildman–Crippen MR) is 89.6 cm³/mol. The minimum atomic E-state index is 0.632. The Morgan fingerprint density at radius 2 is 2.19 bits per heavy atom. The number of nitrogens with two attached hydrogens (primary N) is 1. The number of rotatable bonds is 5. The van der Waals surface area contributed by atoms with Gasteiger partial charge in [0.05, 0.1) is 6.61 Å². The normalized spacial score (nSPS) is 16.4. The Kier molecular flexibility index (Phi) is 4.70. The number of ether oxygens (including phenoxy) is 1. The number of nitrogens with zero attached hydrogens (tertiary/aromatic N) is 1. The average molecular weight is 302 g/mol. The van der Waals surface area contributed by atoms with Crippen molar-refractivity contribution in [3.8, 4) is 0 Å². The van der Waals surface area contributed by atoms with Crippen LogP contribution in [0, 0.1) is 0 Å². The molecule has 0 fully saturated rings. The van der Waals surface area contributed by atoms with E-state index in [1.165, 1.54) is 26.1 Å². The standard InChI is InChI=1S/C17H22N2OS/c1-20-12-13-6-8-19(9-7-13)11-15-14-4-2-3-5-16(14)21-17(15)10-18/h2-6H,7-12,18H2,1H3. The zero-order valence-electron chi connectivity index (χ0n) is 12.5. The van der Waals surface area contributed by atoms with Crippen molar-refractivity contribution in [1.82, 2.24) is 4.90 Å². The van der Waals surface area contributed by atoms with Gasteiger partial charge in [-0.25, -0.2) is 0 Å². The third-order valence-electron chi connectivity index (χ3n) is 4.07. The summed E-state index contributed by atoms with van der Waals surface area (Å²) < 4.78 is 6.56. The molecule has 1 aromatic heterocycles. The van der Waals surface area contributed by atoms with Crippen LogP contribution in [-0.4, -0.2) is 31.7 Å². The Labute approximate surface area is 130 Å². The van der Waals surface area contributed by atoms with E-state index in [-0.39, 0.29) is 0 Å². The van der Waals surface area contributed by atoms with E-state index < -0.39 is 0 Å². The zero-order valence-corrected chi connectivity index (χ0v) is 13.3. The lowest BCUT2D eigenvalue weighted by molar-refractivity contribution is 0.210. The molecule has 1 aromatic carbocycles. The van der Waals surface area contributed by atoms with Gasteiger partial charge in [0.2, 0.25) is 0 Å². The predicted octanol–water partition coefficient (Wildman–Crippen LogP) is 3.14. The Balaban J connectivity index is 1.79. The van der Waals surface area contributed by atoms with Gasteiger partial charge in [-0.05, 0) is 29.0 Å². The fraction of sp³-hybridized carbons (Fsp3) is 0.412. The lowest BCUT2D eigenvalue weighted by Crippen LogP contribution is -2.29. The molecule has 0 unspecified atom stereocenters. The van der Waals surface area contributed by atoms with Crippen molar-refractivity contribution in [1.29, 1.82) is 0 Å². The lowest BCUT2D eigenvalue weighted by Gasteiger charge is -2.26. The molecule has 1 aliphatic heterocycles. The molecular weight excluding hydrogens is 280 g/mol. The van der Waals surface area contributed by atoms with Gasteiger partial charge in [0.15, 0.2) is 0 Å². The molecule has 2 N–H and O–H groups in total. The Morgan fingerprint density at radius 1 is 1.33 bits per heavy atom. The fourth-order valence-corrected chi connectivity index (χ4v) is 4.02. The van der Waals surface area contributed by atoms with Gasteiger partial charge in [-0.1, -0.05) is 24.3 Å². The summed E-state index contributed by atoms with van der Waals surface area (Å²) in [6, 6.07) is 8.63. The molecule has 0 radical (unpaired) electrons. The van der Waals surface area contributed by atoms with Gasteiger partial charge >= 0.3 is 0 Å². The van der Waals surface area contributed by atoms with Gasteiger partial charge in [-0.3, -0.25) is 4.90 Å². The number of methoxy groups -OCH3 is 1. The third kappa shape index (κ3) is 3.19. The second-order valence-corrected chi connectivity index (χ2v) is 6.62. The molecule has 2 heterocycles. The van der Waals surface area contributed by atoms with E-state index in [9.17, 15) is 0 Å². The summed E-state index contributed by atoms with van der Waals surface area (Å²) in [5.41, 5.74) is 8.78. The molecule has 0 atom stereocenters. The summed E-state index contributed by atoms with van der Waals surface area (Å²) >= 11 is 1.83. The van der Waals surface area contributed by atoms with Gasteiger partial charge in [-0.15, -0.1) is 11.3 Å². The van der Waals surface area contributed by atoms with E-state index in [2.05, 4.69) is 35.2 Å². The van der Waals surface area contributed by atoms with Crippen LogP contribution in [0.4, 0.5) is 0 Å². The summed E-state index contributed by atoms with van der Waals surface area (Å²) in [4.78, 5) is 3.81. The van der Waals surface area contributed by atoms with Gasteiger partial charge in [0.25, 0.3) is 0 Å². The Bertz CT molecular complexity index is 647. The topological polar surface area (TPSA) is 38.5 Å². The lowest BCUT2D eigenvalue weighted by atomic mass is 10.1. The van der Waals surface area contributed by atoms with Crippen LogP contribution in [0.15, 0.2) is 35.9 Å². The van der Waals surface area contributed by atoms with Crippen LogP contribution in [0.1, 0.15) is 16.9 Å². The quantitative estimate of drug-likeness (QED) is 0.862. The molecule has 1 aliphatic rings. The van der Waals surface area contributed by atoms with E-state index >= 15 is 0 Å². The number of fused-ring (bicyclic) bond motifs is 1. The van der Waals surface area contributed by atoms with Crippen molar-refractivity contribution < 1.29 is 4.74 Å². The molecule has 3 rings (SSSR count). The van der Waals surface area contributed by atoms with Crippen molar-refractivity contribution >= 4 is 21.4 Å². The van der Waals surface area contributed by atoms with Crippen molar-refractivity contribution in [2.24, 2.45) is 5.73 Å². The SMILES string of the molecule is COCC1=CCN(Cc2c(CN)sc3ccccc23)CC1.